The van der Waals surface area contributed by atoms with Crippen molar-refractivity contribution >= 4 is 5.91 Å². The molecule has 1 amide bonds. The van der Waals surface area contributed by atoms with Crippen molar-refractivity contribution in [3.63, 3.8) is 0 Å². The van der Waals surface area contributed by atoms with Crippen LogP contribution in [0.3, 0.4) is 0 Å². The van der Waals surface area contributed by atoms with Gasteiger partial charge in [0, 0.05) is 6.54 Å². The van der Waals surface area contributed by atoms with E-state index in [9.17, 15) is 9.90 Å². The Kier molecular flexibility index (Phi) is 3.27. The van der Waals surface area contributed by atoms with Crippen molar-refractivity contribution in [2.75, 3.05) is 6.54 Å². The monoisotopic (exact) mass is 186 g/mol. The first kappa shape index (κ1) is 10.5. The molecule has 0 aromatic heterocycles. The quantitative estimate of drug-likeness (QED) is 0.567. The fourth-order valence-corrected chi connectivity index (χ4v) is 1.33. The molecule has 0 bridgehead atoms. The standard InChI is InChI=1S/C9H18N2O2/c1-2-7(10)8(12)11-6-9(13)4-3-5-9/h7,13H,2-6,10H2,1H3,(H,11,12). The third-order valence-corrected chi connectivity index (χ3v) is 2.65. The van der Waals surface area contributed by atoms with E-state index in [1.807, 2.05) is 6.92 Å². The number of nitrogens with two attached hydrogens (primary N) is 1. The summed E-state index contributed by atoms with van der Waals surface area (Å²) >= 11 is 0. The van der Waals surface area contributed by atoms with Gasteiger partial charge in [-0.15, -0.1) is 0 Å². The lowest BCUT2D eigenvalue weighted by atomic mass is 9.80. The summed E-state index contributed by atoms with van der Waals surface area (Å²) in [6, 6.07) is -0.441. The van der Waals surface area contributed by atoms with Crippen molar-refractivity contribution in [2.24, 2.45) is 5.73 Å². The summed E-state index contributed by atoms with van der Waals surface area (Å²) in [6.45, 7) is 2.21. The van der Waals surface area contributed by atoms with Crippen LogP contribution < -0.4 is 11.1 Å². The van der Waals surface area contributed by atoms with Crippen LogP contribution in [0.15, 0.2) is 0 Å². The lowest BCUT2D eigenvalue weighted by molar-refractivity contribution is -0.124. The second-order valence-electron chi connectivity index (χ2n) is 3.81. The van der Waals surface area contributed by atoms with Gasteiger partial charge in [-0.1, -0.05) is 6.92 Å². The summed E-state index contributed by atoms with van der Waals surface area (Å²) in [4.78, 5) is 11.2. The number of aliphatic hydroxyl groups is 1. The Hall–Kier alpha value is -0.610. The molecule has 0 aliphatic heterocycles. The lowest BCUT2D eigenvalue weighted by Crippen LogP contribution is -2.51. The molecule has 1 aliphatic rings. The smallest absolute Gasteiger partial charge is 0.237 e. The highest BCUT2D eigenvalue weighted by Gasteiger charge is 2.34. The maximum absolute atomic E-state index is 11.2. The summed E-state index contributed by atoms with van der Waals surface area (Å²) in [6.07, 6.45) is 3.25. The molecule has 76 valence electrons. The minimum atomic E-state index is -0.650. The zero-order valence-corrected chi connectivity index (χ0v) is 8.05. The number of hydrogen-bond acceptors (Lipinski definition) is 3. The Morgan fingerprint density at radius 1 is 1.69 bits per heavy atom. The van der Waals surface area contributed by atoms with Gasteiger partial charge in [0.2, 0.25) is 5.91 Å². The average Bonchev–Trinajstić information content (AvgIpc) is 2.09. The van der Waals surface area contributed by atoms with Crippen molar-refractivity contribution in [1.29, 1.82) is 0 Å². The van der Waals surface area contributed by atoms with E-state index in [-0.39, 0.29) is 5.91 Å². The van der Waals surface area contributed by atoms with E-state index in [2.05, 4.69) is 5.32 Å². The first-order chi connectivity index (χ1) is 6.07. The minimum absolute atomic E-state index is 0.164. The molecule has 0 aromatic carbocycles. The van der Waals surface area contributed by atoms with Crippen LogP contribution in [0.2, 0.25) is 0 Å². The van der Waals surface area contributed by atoms with Gasteiger partial charge in [0.05, 0.1) is 11.6 Å². The van der Waals surface area contributed by atoms with Crippen LogP contribution in [-0.4, -0.2) is 29.2 Å². The molecule has 1 rings (SSSR count). The lowest BCUT2D eigenvalue weighted by Gasteiger charge is -2.36. The number of amides is 1. The van der Waals surface area contributed by atoms with Crippen LogP contribution in [0.25, 0.3) is 0 Å². The molecule has 0 spiro atoms. The van der Waals surface area contributed by atoms with Crippen LogP contribution in [0, 0.1) is 0 Å². The Morgan fingerprint density at radius 3 is 2.69 bits per heavy atom. The van der Waals surface area contributed by atoms with Crippen LogP contribution in [-0.2, 0) is 4.79 Å². The van der Waals surface area contributed by atoms with Crippen LogP contribution in [0.5, 0.6) is 0 Å². The molecule has 0 radical (unpaired) electrons. The molecule has 1 fully saturated rings. The van der Waals surface area contributed by atoms with E-state index in [0.717, 1.165) is 19.3 Å². The van der Waals surface area contributed by atoms with Gasteiger partial charge in [-0.3, -0.25) is 4.79 Å². The van der Waals surface area contributed by atoms with E-state index in [1.54, 1.807) is 0 Å². The predicted molar refractivity (Wildman–Crippen MR) is 50.1 cm³/mol. The summed E-state index contributed by atoms with van der Waals surface area (Å²) in [5.74, 6) is -0.164. The van der Waals surface area contributed by atoms with Gasteiger partial charge in [-0.05, 0) is 25.7 Å². The Bertz CT molecular complexity index is 190. The number of carbonyl (C=O) groups excluding carboxylic acids is 1. The zero-order valence-electron chi connectivity index (χ0n) is 8.05. The second kappa shape index (κ2) is 4.07. The predicted octanol–water partition coefficient (Wildman–Crippen LogP) is -0.245. The largest absolute Gasteiger partial charge is 0.388 e. The topological polar surface area (TPSA) is 75.4 Å². The summed E-state index contributed by atoms with van der Waals surface area (Å²) < 4.78 is 0. The molecule has 13 heavy (non-hydrogen) atoms. The van der Waals surface area contributed by atoms with Crippen molar-refractivity contribution in [3.05, 3.63) is 0 Å². The molecule has 1 unspecified atom stereocenters. The molecular weight excluding hydrogens is 168 g/mol. The van der Waals surface area contributed by atoms with Gasteiger partial charge in [-0.25, -0.2) is 0 Å². The van der Waals surface area contributed by atoms with E-state index in [4.69, 9.17) is 5.73 Å². The molecule has 1 aliphatic carbocycles. The van der Waals surface area contributed by atoms with Gasteiger partial charge in [-0.2, -0.15) is 0 Å². The Balaban J connectivity index is 2.21. The van der Waals surface area contributed by atoms with Gasteiger partial charge < -0.3 is 16.2 Å². The second-order valence-corrected chi connectivity index (χ2v) is 3.81. The minimum Gasteiger partial charge on any atom is -0.388 e. The summed E-state index contributed by atoms with van der Waals surface area (Å²) in [7, 11) is 0. The first-order valence-corrected chi connectivity index (χ1v) is 4.83. The fourth-order valence-electron chi connectivity index (χ4n) is 1.33. The molecule has 4 N–H and O–H groups in total. The van der Waals surface area contributed by atoms with E-state index in [0.29, 0.717) is 13.0 Å². The molecule has 1 saturated carbocycles. The molecule has 0 aromatic rings. The van der Waals surface area contributed by atoms with Crippen LogP contribution >= 0.6 is 0 Å². The molecule has 1 atom stereocenters. The third-order valence-electron chi connectivity index (χ3n) is 2.65. The van der Waals surface area contributed by atoms with E-state index < -0.39 is 11.6 Å². The molecule has 4 nitrogen and oxygen atoms in total. The van der Waals surface area contributed by atoms with Gasteiger partial charge in [0.25, 0.3) is 0 Å². The van der Waals surface area contributed by atoms with Gasteiger partial charge in [0.15, 0.2) is 0 Å². The van der Waals surface area contributed by atoms with Crippen molar-refractivity contribution in [3.8, 4) is 0 Å². The van der Waals surface area contributed by atoms with Crippen LogP contribution in [0.1, 0.15) is 32.6 Å². The number of carbonyl (C=O) groups is 1. The third kappa shape index (κ3) is 2.67. The Labute approximate surface area is 78.5 Å². The van der Waals surface area contributed by atoms with Gasteiger partial charge in [0.1, 0.15) is 0 Å². The first-order valence-electron chi connectivity index (χ1n) is 4.83. The fraction of sp³-hybridized carbons (Fsp3) is 0.889. The SMILES string of the molecule is CCC(N)C(=O)NCC1(O)CCC1. The normalized spacial score (nSPS) is 21.8. The summed E-state index contributed by atoms with van der Waals surface area (Å²) in [5, 5.41) is 12.3. The highest BCUT2D eigenvalue weighted by atomic mass is 16.3. The van der Waals surface area contributed by atoms with Crippen molar-refractivity contribution in [2.45, 2.75) is 44.2 Å². The highest BCUT2D eigenvalue weighted by molar-refractivity contribution is 5.81. The van der Waals surface area contributed by atoms with Crippen LogP contribution in [0.4, 0.5) is 0 Å². The zero-order chi connectivity index (χ0) is 9.90. The molecule has 0 saturated heterocycles. The number of nitrogens with one attached hydrogen (secondary N) is 1. The molecule has 0 heterocycles. The average molecular weight is 186 g/mol. The maximum atomic E-state index is 11.2. The maximum Gasteiger partial charge on any atom is 0.237 e. The Morgan fingerprint density at radius 2 is 2.31 bits per heavy atom. The van der Waals surface area contributed by atoms with Crippen molar-refractivity contribution in [1.82, 2.24) is 5.32 Å². The summed E-state index contributed by atoms with van der Waals surface area (Å²) in [5.41, 5.74) is 4.86. The van der Waals surface area contributed by atoms with Crippen molar-refractivity contribution < 1.29 is 9.90 Å². The van der Waals surface area contributed by atoms with E-state index >= 15 is 0 Å². The number of hydrogen-bond donors (Lipinski definition) is 3. The van der Waals surface area contributed by atoms with E-state index in [1.165, 1.54) is 0 Å². The highest BCUT2D eigenvalue weighted by Crippen LogP contribution is 2.30. The molecular formula is C9H18N2O2. The molecule has 4 heteroatoms. The van der Waals surface area contributed by atoms with Gasteiger partial charge >= 0.3 is 0 Å². The number of rotatable bonds is 4.